The van der Waals surface area contributed by atoms with E-state index in [0.29, 0.717) is 6.04 Å². The summed E-state index contributed by atoms with van der Waals surface area (Å²) in [5.41, 5.74) is -0.0591. The van der Waals surface area contributed by atoms with Crippen molar-refractivity contribution in [2.24, 2.45) is 0 Å². The molecule has 1 heterocycles. The molecule has 0 radical (unpaired) electrons. The van der Waals surface area contributed by atoms with Gasteiger partial charge in [-0.15, -0.1) is 0 Å². The van der Waals surface area contributed by atoms with Crippen molar-refractivity contribution in [2.45, 2.75) is 39.2 Å². The van der Waals surface area contributed by atoms with Crippen molar-refractivity contribution in [1.29, 1.82) is 0 Å². The third-order valence-electron chi connectivity index (χ3n) is 3.11. The second-order valence-corrected chi connectivity index (χ2v) is 6.16. The average Bonchev–Trinajstić information content (AvgIpc) is 2.34. The van der Waals surface area contributed by atoms with Crippen molar-refractivity contribution >= 4 is 11.6 Å². The van der Waals surface area contributed by atoms with E-state index in [9.17, 15) is 0 Å². The van der Waals surface area contributed by atoms with E-state index < -0.39 is 0 Å². The predicted octanol–water partition coefficient (Wildman–Crippen LogP) is 2.18. The monoisotopic (exact) mass is 265 g/mol. The molecule has 0 saturated carbocycles. The maximum atomic E-state index is 4.60. The predicted molar refractivity (Wildman–Crippen MR) is 81.9 cm³/mol. The lowest BCUT2D eigenvalue weighted by atomic mass is 9.96. The van der Waals surface area contributed by atoms with Gasteiger partial charge in [0.05, 0.1) is 0 Å². The summed E-state index contributed by atoms with van der Waals surface area (Å²) in [7, 11) is 6.03. The van der Waals surface area contributed by atoms with Gasteiger partial charge in [0, 0.05) is 31.1 Å². The van der Waals surface area contributed by atoms with Crippen LogP contribution in [-0.4, -0.2) is 48.6 Å². The van der Waals surface area contributed by atoms with Gasteiger partial charge in [-0.2, -0.15) is 0 Å². The summed E-state index contributed by atoms with van der Waals surface area (Å²) >= 11 is 0. The molecule has 0 aromatic carbocycles. The van der Waals surface area contributed by atoms with Gasteiger partial charge in [-0.05, 0) is 21.0 Å². The van der Waals surface area contributed by atoms with Crippen molar-refractivity contribution in [2.75, 3.05) is 38.3 Å². The smallest absolute Gasteiger partial charge is 0.138 e. The topological polar surface area (TPSA) is 53.1 Å². The Kier molecular flexibility index (Phi) is 5.11. The van der Waals surface area contributed by atoms with Crippen LogP contribution in [0.4, 0.5) is 11.6 Å². The Hall–Kier alpha value is -1.36. The highest BCUT2D eigenvalue weighted by Gasteiger charge is 2.19. The molecule has 0 fully saturated rings. The van der Waals surface area contributed by atoms with Crippen LogP contribution in [0.25, 0.3) is 0 Å². The van der Waals surface area contributed by atoms with Gasteiger partial charge < -0.3 is 15.5 Å². The first-order valence-electron chi connectivity index (χ1n) is 6.71. The molecule has 1 aromatic rings. The van der Waals surface area contributed by atoms with E-state index in [1.54, 1.807) is 0 Å². The van der Waals surface area contributed by atoms with Gasteiger partial charge in [-0.1, -0.05) is 20.8 Å². The molecule has 0 aliphatic heterocycles. The molecular formula is C14H27N5. The number of anilines is 2. The van der Waals surface area contributed by atoms with Gasteiger partial charge in [-0.3, -0.25) is 0 Å². The normalized spacial score (nSPS) is 13.5. The highest BCUT2D eigenvalue weighted by molar-refractivity contribution is 5.47. The number of hydrogen-bond acceptors (Lipinski definition) is 5. The number of rotatable bonds is 5. The summed E-state index contributed by atoms with van der Waals surface area (Å²) < 4.78 is 0. The van der Waals surface area contributed by atoms with Crippen LogP contribution in [0.2, 0.25) is 0 Å². The summed E-state index contributed by atoms with van der Waals surface area (Å²) in [5.74, 6) is 2.57. The summed E-state index contributed by atoms with van der Waals surface area (Å²) in [6.45, 7) is 9.39. The van der Waals surface area contributed by atoms with Gasteiger partial charge >= 0.3 is 0 Å². The van der Waals surface area contributed by atoms with Crippen LogP contribution in [0, 0.1) is 0 Å². The minimum atomic E-state index is -0.0591. The first-order valence-corrected chi connectivity index (χ1v) is 6.71. The summed E-state index contributed by atoms with van der Waals surface area (Å²) in [5, 5.41) is 6.47. The third kappa shape index (κ3) is 4.67. The van der Waals surface area contributed by atoms with Crippen molar-refractivity contribution in [3.63, 3.8) is 0 Å². The first-order chi connectivity index (χ1) is 8.74. The molecule has 1 rings (SSSR count). The Morgan fingerprint density at radius 1 is 1.21 bits per heavy atom. The number of nitrogens with zero attached hydrogens (tertiary/aromatic N) is 3. The van der Waals surface area contributed by atoms with Crippen molar-refractivity contribution in [1.82, 2.24) is 14.9 Å². The fourth-order valence-electron chi connectivity index (χ4n) is 1.44. The molecule has 1 unspecified atom stereocenters. The van der Waals surface area contributed by atoms with E-state index in [-0.39, 0.29) is 5.41 Å². The highest BCUT2D eigenvalue weighted by atomic mass is 15.1. The zero-order chi connectivity index (χ0) is 14.6. The molecule has 0 bridgehead atoms. The van der Waals surface area contributed by atoms with E-state index in [1.165, 1.54) is 0 Å². The Bertz CT molecular complexity index is 409. The van der Waals surface area contributed by atoms with Crippen LogP contribution >= 0.6 is 0 Å². The second kappa shape index (κ2) is 6.19. The van der Waals surface area contributed by atoms with E-state index >= 15 is 0 Å². The Morgan fingerprint density at radius 3 is 2.26 bits per heavy atom. The zero-order valence-corrected chi connectivity index (χ0v) is 13.2. The number of hydrogen-bond donors (Lipinski definition) is 2. The van der Waals surface area contributed by atoms with Crippen LogP contribution in [0.1, 0.15) is 33.5 Å². The lowest BCUT2D eigenvalue weighted by Gasteiger charge is -2.22. The average molecular weight is 265 g/mol. The van der Waals surface area contributed by atoms with E-state index in [2.05, 4.69) is 67.3 Å². The lowest BCUT2D eigenvalue weighted by molar-refractivity contribution is 0.326. The van der Waals surface area contributed by atoms with E-state index in [0.717, 1.165) is 24.0 Å². The molecule has 0 aliphatic rings. The molecule has 0 aliphatic carbocycles. The van der Waals surface area contributed by atoms with Gasteiger partial charge in [0.1, 0.15) is 17.5 Å². The maximum Gasteiger partial charge on any atom is 0.138 e. The molecule has 2 N–H and O–H groups in total. The van der Waals surface area contributed by atoms with Gasteiger partial charge in [-0.25, -0.2) is 9.97 Å². The molecule has 19 heavy (non-hydrogen) atoms. The minimum Gasteiger partial charge on any atom is -0.373 e. The lowest BCUT2D eigenvalue weighted by Crippen LogP contribution is -2.32. The fourth-order valence-corrected chi connectivity index (χ4v) is 1.44. The quantitative estimate of drug-likeness (QED) is 0.854. The largest absolute Gasteiger partial charge is 0.373 e. The van der Waals surface area contributed by atoms with Crippen LogP contribution in [-0.2, 0) is 5.41 Å². The maximum absolute atomic E-state index is 4.60. The Balaban J connectivity index is 2.89. The number of aromatic nitrogens is 2. The molecular weight excluding hydrogens is 238 g/mol. The zero-order valence-electron chi connectivity index (χ0n) is 13.2. The van der Waals surface area contributed by atoms with Crippen molar-refractivity contribution in [3.8, 4) is 0 Å². The SMILES string of the molecule is CNc1cc(NCC(C)N(C)C)nc(C(C)(C)C)n1. The van der Waals surface area contributed by atoms with Gasteiger partial charge in [0.2, 0.25) is 0 Å². The van der Waals surface area contributed by atoms with Gasteiger partial charge in [0.25, 0.3) is 0 Å². The molecule has 5 nitrogen and oxygen atoms in total. The van der Waals surface area contributed by atoms with Gasteiger partial charge in [0.15, 0.2) is 0 Å². The molecule has 5 heteroatoms. The highest BCUT2D eigenvalue weighted by Crippen LogP contribution is 2.22. The third-order valence-corrected chi connectivity index (χ3v) is 3.11. The Labute approximate surface area is 116 Å². The standard InChI is InChI=1S/C14H27N5/c1-10(19(6)7)9-16-12-8-11(15-5)17-13(18-12)14(2,3)4/h8,10H,9H2,1-7H3,(H2,15,16,17,18). The van der Waals surface area contributed by atoms with Crippen LogP contribution in [0.3, 0.4) is 0 Å². The Morgan fingerprint density at radius 2 is 1.79 bits per heavy atom. The van der Waals surface area contributed by atoms with Crippen LogP contribution in [0.5, 0.6) is 0 Å². The van der Waals surface area contributed by atoms with Crippen molar-refractivity contribution < 1.29 is 0 Å². The molecule has 0 amide bonds. The molecule has 108 valence electrons. The number of nitrogens with one attached hydrogen (secondary N) is 2. The van der Waals surface area contributed by atoms with Crippen molar-refractivity contribution in [3.05, 3.63) is 11.9 Å². The number of likely N-dealkylation sites (N-methyl/N-ethyl adjacent to an activating group) is 1. The summed E-state index contributed by atoms with van der Waals surface area (Å²) in [6.07, 6.45) is 0. The summed E-state index contributed by atoms with van der Waals surface area (Å²) in [4.78, 5) is 11.3. The molecule has 1 aromatic heterocycles. The minimum absolute atomic E-state index is 0.0591. The summed E-state index contributed by atoms with van der Waals surface area (Å²) in [6, 6.07) is 2.39. The fraction of sp³-hybridized carbons (Fsp3) is 0.714. The molecule has 0 spiro atoms. The molecule has 1 atom stereocenters. The second-order valence-electron chi connectivity index (χ2n) is 6.16. The van der Waals surface area contributed by atoms with Crippen LogP contribution < -0.4 is 10.6 Å². The van der Waals surface area contributed by atoms with E-state index in [1.807, 2.05) is 13.1 Å². The van der Waals surface area contributed by atoms with Crippen LogP contribution in [0.15, 0.2) is 6.07 Å². The molecule has 0 saturated heterocycles. The first kappa shape index (κ1) is 15.7. The van der Waals surface area contributed by atoms with E-state index in [4.69, 9.17) is 0 Å².